The van der Waals surface area contributed by atoms with Crippen molar-refractivity contribution in [1.82, 2.24) is 10.2 Å². The summed E-state index contributed by atoms with van der Waals surface area (Å²) >= 11 is 1.64. The van der Waals surface area contributed by atoms with Crippen LogP contribution in [0.4, 0.5) is 0 Å². The van der Waals surface area contributed by atoms with Gasteiger partial charge < -0.3 is 10.2 Å². The second-order valence-electron chi connectivity index (χ2n) is 4.83. The molecule has 1 fully saturated rings. The highest BCUT2D eigenvalue weighted by Gasteiger charge is 2.35. The fourth-order valence-corrected chi connectivity index (χ4v) is 2.86. The van der Waals surface area contributed by atoms with Gasteiger partial charge in [0.1, 0.15) is 6.04 Å². The molecule has 0 aliphatic carbocycles. The van der Waals surface area contributed by atoms with Gasteiger partial charge >= 0.3 is 0 Å². The van der Waals surface area contributed by atoms with Gasteiger partial charge in [-0.1, -0.05) is 0 Å². The third-order valence-electron chi connectivity index (χ3n) is 3.29. The van der Waals surface area contributed by atoms with Crippen LogP contribution in [-0.2, 0) is 14.4 Å². The SMILES string of the molecule is CSCC[C@H](NC(C)=O)C(=O)N1CCC[C@H]1C(C)=O. The van der Waals surface area contributed by atoms with E-state index in [0.717, 1.165) is 18.6 Å². The van der Waals surface area contributed by atoms with Gasteiger partial charge in [0.25, 0.3) is 0 Å². The Hall–Kier alpha value is -1.04. The number of amides is 2. The van der Waals surface area contributed by atoms with Gasteiger partial charge in [-0.05, 0) is 38.2 Å². The smallest absolute Gasteiger partial charge is 0.245 e. The molecular weight excluding hydrogens is 264 g/mol. The third kappa shape index (κ3) is 4.53. The lowest BCUT2D eigenvalue weighted by molar-refractivity contribution is -0.140. The number of nitrogens with zero attached hydrogens (tertiary/aromatic N) is 1. The van der Waals surface area contributed by atoms with Crippen LogP contribution in [0.5, 0.6) is 0 Å². The number of thioether (sulfide) groups is 1. The van der Waals surface area contributed by atoms with E-state index in [1.807, 2.05) is 6.26 Å². The Balaban J connectivity index is 2.73. The van der Waals surface area contributed by atoms with E-state index in [4.69, 9.17) is 0 Å². The minimum atomic E-state index is -0.509. The number of hydrogen-bond acceptors (Lipinski definition) is 4. The van der Waals surface area contributed by atoms with Crippen molar-refractivity contribution in [2.75, 3.05) is 18.6 Å². The van der Waals surface area contributed by atoms with E-state index in [-0.39, 0.29) is 23.6 Å². The zero-order valence-corrected chi connectivity index (χ0v) is 12.6. The Morgan fingerprint density at radius 2 is 2.05 bits per heavy atom. The first-order chi connectivity index (χ1) is 8.97. The van der Waals surface area contributed by atoms with Crippen LogP contribution < -0.4 is 5.32 Å². The number of ketones is 1. The number of nitrogens with one attached hydrogen (secondary N) is 1. The molecule has 1 aliphatic heterocycles. The molecule has 5 nitrogen and oxygen atoms in total. The molecule has 1 rings (SSSR count). The van der Waals surface area contributed by atoms with Crippen molar-refractivity contribution >= 4 is 29.4 Å². The number of carbonyl (C=O) groups excluding carboxylic acids is 3. The van der Waals surface area contributed by atoms with Crippen molar-refractivity contribution in [3.63, 3.8) is 0 Å². The van der Waals surface area contributed by atoms with E-state index < -0.39 is 6.04 Å². The van der Waals surface area contributed by atoms with E-state index in [0.29, 0.717) is 13.0 Å². The van der Waals surface area contributed by atoms with Gasteiger partial charge in [0.05, 0.1) is 6.04 Å². The Kier molecular flexibility index (Phi) is 6.34. The first kappa shape index (κ1) is 16.0. The van der Waals surface area contributed by atoms with Crippen LogP contribution in [0.15, 0.2) is 0 Å². The minimum Gasteiger partial charge on any atom is -0.345 e. The number of Topliss-reactive ketones (excluding diaryl/α,β-unsaturated/α-hetero) is 1. The zero-order valence-electron chi connectivity index (χ0n) is 11.8. The maximum atomic E-state index is 12.5. The van der Waals surface area contributed by atoms with Crippen LogP contribution >= 0.6 is 11.8 Å². The van der Waals surface area contributed by atoms with Crippen LogP contribution in [0.2, 0.25) is 0 Å². The van der Waals surface area contributed by atoms with Crippen LogP contribution in [0.25, 0.3) is 0 Å². The molecule has 0 bridgehead atoms. The average Bonchev–Trinajstić information content (AvgIpc) is 2.82. The first-order valence-corrected chi connectivity index (χ1v) is 7.93. The number of rotatable bonds is 6. The molecule has 1 aliphatic rings. The topological polar surface area (TPSA) is 66.5 Å². The third-order valence-corrected chi connectivity index (χ3v) is 3.94. The minimum absolute atomic E-state index is 0.0253. The molecule has 2 atom stereocenters. The quantitative estimate of drug-likeness (QED) is 0.785. The summed E-state index contributed by atoms with van der Waals surface area (Å²) in [6.07, 6.45) is 4.14. The van der Waals surface area contributed by atoms with Crippen molar-refractivity contribution < 1.29 is 14.4 Å². The molecule has 2 amide bonds. The molecule has 0 unspecified atom stereocenters. The fourth-order valence-electron chi connectivity index (χ4n) is 2.39. The van der Waals surface area contributed by atoms with Crippen LogP contribution in [0, 0.1) is 0 Å². The Bertz CT molecular complexity index is 360. The second kappa shape index (κ2) is 7.53. The van der Waals surface area contributed by atoms with E-state index in [1.165, 1.54) is 13.8 Å². The molecule has 0 aromatic carbocycles. The van der Waals surface area contributed by atoms with Crippen LogP contribution in [0.3, 0.4) is 0 Å². The Morgan fingerprint density at radius 1 is 1.37 bits per heavy atom. The van der Waals surface area contributed by atoms with Crippen LogP contribution in [-0.4, -0.2) is 53.1 Å². The van der Waals surface area contributed by atoms with Gasteiger partial charge in [0.2, 0.25) is 11.8 Å². The second-order valence-corrected chi connectivity index (χ2v) is 5.82. The summed E-state index contributed by atoms with van der Waals surface area (Å²) in [7, 11) is 0. The largest absolute Gasteiger partial charge is 0.345 e. The Labute approximate surface area is 118 Å². The highest BCUT2D eigenvalue weighted by atomic mass is 32.2. The molecule has 0 spiro atoms. The molecule has 0 aromatic heterocycles. The normalized spacial score (nSPS) is 20.2. The molecule has 0 saturated carbocycles. The summed E-state index contributed by atoms with van der Waals surface area (Å²) < 4.78 is 0. The number of hydrogen-bond donors (Lipinski definition) is 1. The van der Waals surface area contributed by atoms with Crippen molar-refractivity contribution in [2.24, 2.45) is 0 Å². The van der Waals surface area contributed by atoms with Crippen molar-refractivity contribution in [2.45, 2.75) is 45.2 Å². The molecule has 1 N–H and O–H groups in total. The fraction of sp³-hybridized carbons (Fsp3) is 0.769. The van der Waals surface area contributed by atoms with Gasteiger partial charge in [-0.25, -0.2) is 0 Å². The van der Waals surface area contributed by atoms with E-state index in [2.05, 4.69) is 5.32 Å². The van der Waals surface area contributed by atoms with E-state index in [9.17, 15) is 14.4 Å². The van der Waals surface area contributed by atoms with Gasteiger partial charge in [-0.3, -0.25) is 14.4 Å². The van der Waals surface area contributed by atoms with Crippen molar-refractivity contribution in [3.8, 4) is 0 Å². The highest BCUT2D eigenvalue weighted by molar-refractivity contribution is 7.98. The van der Waals surface area contributed by atoms with Gasteiger partial charge in [0, 0.05) is 13.5 Å². The molecule has 1 saturated heterocycles. The summed E-state index contributed by atoms with van der Waals surface area (Å²) in [6.45, 7) is 3.54. The highest BCUT2D eigenvalue weighted by Crippen LogP contribution is 2.20. The summed E-state index contributed by atoms with van der Waals surface area (Å²) in [6, 6.07) is -0.817. The summed E-state index contributed by atoms with van der Waals surface area (Å²) in [5, 5.41) is 2.70. The monoisotopic (exact) mass is 286 g/mol. The predicted molar refractivity (Wildman–Crippen MR) is 76.0 cm³/mol. The van der Waals surface area contributed by atoms with Crippen molar-refractivity contribution in [3.05, 3.63) is 0 Å². The lowest BCUT2D eigenvalue weighted by Gasteiger charge is -2.27. The maximum Gasteiger partial charge on any atom is 0.245 e. The molecular formula is C13H22N2O3S. The summed E-state index contributed by atoms with van der Waals surface area (Å²) in [4.78, 5) is 36.8. The summed E-state index contributed by atoms with van der Waals surface area (Å²) in [5.41, 5.74) is 0. The molecule has 1 heterocycles. The lowest BCUT2D eigenvalue weighted by atomic mass is 10.1. The van der Waals surface area contributed by atoms with E-state index >= 15 is 0 Å². The molecule has 0 radical (unpaired) electrons. The first-order valence-electron chi connectivity index (χ1n) is 6.54. The average molecular weight is 286 g/mol. The number of likely N-dealkylation sites (tertiary alicyclic amines) is 1. The number of carbonyl (C=O) groups is 3. The molecule has 108 valence electrons. The molecule has 6 heteroatoms. The Morgan fingerprint density at radius 3 is 2.58 bits per heavy atom. The molecule has 0 aromatic rings. The van der Waals surface area contributed by atoms with Gasteiger partial charge in [0.15, 0.2) is 5.78 Å². The van der Waals surface area contributed by atoms with E-state index in [1.54, 1.807) is 16.7 Å². The van der Waals surface area contributed by atoms with Crippen molar-refractivity contribution in [1.29, 1.82) is 0 Å². The summed E-state index contributed by atoms with van der Waals surface area (Å²) in [5.74, 6) is 0.493. The van der Waals surface area contributed by atoms with Gasteiger partial charge in [-0.15, -0.1) is 0 Å². The molecule has 19 heavy (non-hydrogen) atoms. The standard InChI is InChI=1S/C13H22N2O3S/c1-9(16)12-5-4-7-15(12)13(18)11(6-8-19-3)14-10(2)17/h11-12H,4-8H2,1-3H3,(H,14,17)/t11-,12-/m0/s1. The van der Waals surface area contributed by atoms with Crippen LogP contribution in [0.1, 0.15) is 33.1 Å². The predicted octanol–water partition coefficient (Wildman–Crippen LogP) is 0.824. The zero-order chi connectivity index (χ0) is 14.4. The maximum absolute atomic E-state index is 12.5. The van der Waals surface area contributed by atoms with Gasteiger partial charge in [-0.2, -0.15) is 11.8 Å². The lowest BCUT2D eigenvalue weighted by Crippen LogP contribution is -2.51.